The second-order valence-corrected chi connectivity index (χ2v) is 4.79. The molecule has 108 valence electrons. The van der Waals surface area contributed by atoms with E-state index in [1.165, 1.54) is 0 Å². The third kappa shape index (κ3) is 2.76. The average Bonchev–Trinajstić information content (AvgIpc) is 2.78. The van der Waals surface area contributed by atoms with E-state index in [0.29, 0.717) is 17.9 Å². The maximum absolute atomic E-state index is 9.23. The zero-order valence-electron chi connectivity index (χ0n) is 11.8. The van der Waals surface area contributed by atoms with E-state index in [0.717, 1.165) is 22.6 Å². The maximum atomic E-state index is 9.23. The number of rotatable bonds is 5. The first kappa shape index (κ1) is 14.7. The minimum Gasteiger partial charge on any atom is -0.493 e. The van der Waals surface area contributed by atoms with Gasteiger partial charge in [0.05, 0.1) is 19.9 Å². The second-order valence-electron chi connectivity index (χ2n) is 4.36. The molecule has 0 atom stereocenters. The van der Waals surface area contributed by atoms with E-state index >= 15 is 0 Å². The van der Waals surface area contributed by atoms with Crippen molar-refractivity contribution in [3.05, 3.63) is 29.7 Å². The number of aliphatic hydroxyl groups is 1. The van der Waals surface area contributed by atoms with Crippen molar-refractivity contribution in [2.75, 3.05) is 20.8 Å². The van der Waals surface area contributed by atoms with Crippen LogP contribution in [0.1, 0.15) is 11.4 Å². The first-order valence-electron chi connectivity index (χ1n) is 6.22. The number of hydrogen-bond acceptors (Lipinski definition) is 5. The van der Waals surface area contributed by atoms with Crippen LogP contribution in [0.3, 0.4) is 0 Å². The van der Waals surface area contributed by atoms with Crippen molar-refractivity contribution < 1.29 is 14.6 Å². The fourth-order valence-corrected chi connectivity index (χ4v) is 2.23. The number of methoxy groups -OCH3 is 2. The molecule has 2 rings (SSSR count). The molecule has 0 bridgehead atoms. The van der Waals surface area contributed by atoms with E-state index in [2.05, 4.69) is 17.8 Å². The molecule has 1 aromatic carbocycles. The van der Waals surface area contributed by atoms with Crippen LogP contribution >= 0.6 is 12.8 Å². The van der Waals surface area contributed by atoms with E-state index in [4.69, 9.17) is 9.47 Å². The minimum absolute atomic E-state index is 0.0586. The summed E-state index contributed by atoms with van der Waals surface area (Å²) >= 11 is 4.29. The van der Waals surface area contributed by atoms with Crippen LogP contribution in [0.4, 0.5) is 0 Å². The van der Waals surface area contributed by atoms with Gasteiger partial charge in [-0.05, 0) is 31.0 Å². The summed E-state index contributed by atoms with van der Waals surface area (Å²) in [7, 11) is 3.18. The Bertz CT molecular complexity index is 591. The molecule has 2 aromatic rings. The molecule has 0 amide bonds. The number of aryl methyl sites for hydroxylation is 1. The van der Waals surface area contributed by atoms with E-state index in [1.807, 2.05) is 25.3 Å². The molecule has 20 heavy (non-hydrogen) atoms. The summed E-state index contributed by atoms with van der Waals surface area (Å²) in [4.78, 5) is 4.46. The van der Waals surface area contributed by atoms with Gasteiger partial charge in [-0.3, -0.25) is 3.97 Å². The summed E-state index contributed by atoms with van der Waals surface area (Å²) in [6, 6.07) is 3.75. The van der Waals surface area contributed by atoms with Crippen molar-refractivity contribution in [2.24, 2.45) is 0 Å². The van der Waals surface area contributed by atoms with Crippen LogP contribution in [0.15, 0.2) is 18.3 Å². The fraction of sp³-hybridized carbons (Fsp3) is 0.357. The van der Waals surface area contributed by atoms with Gasteiger partial charge in [0.15, 0.2) is 11.5 Å². The summed E-state index contributed by atoms with van der Waals surface area (Å²) in [6.07, 6.45) is 2.36. The Kier molecular flexibility index (Phi) is 4.57. The molecule has 6 heteroatoms. The van der Waals surface area contributed by atoms with Crippen LogP contribution in [0.2, 0.25) is 0 Å². The van der Waals surface area contributed by atoms with Gasteiger partial charge >= 0.3 is 0 Å². The lowest BCUT2D eigenvalue weighted by atomic mass is 10.0. The molecule has 0 fully saturated rings. The van der Waals surface area contributed by atoms with Gasteiger partial charge in [0.25, 0.3) is 0 Å². The van der Waals surface area contributed by atoms with Gasteiger partial charge in [-0.1, -0.05) is 12.8 Å². The molecular formula is C14H18N2O3S. The quantitative estimate of drug-likeness (QED) is 0.829. The Morgan fingerprint density at radius 2 is 1.90 bits per heavy atom. The number of benzene rings is 1. The van der Waals surface area contributed by atoms with Gasteiger partial charge in [0.1, 0.15) is 5.82 Å². The third-order valence-corrected chi connectivity index (χ3v) is 3.53. The molecule has 0 radical (unpaired) electrons. The average molecular weight is 294 g/mol. The van der Waals surface area contributed by atoms with Gasteiger partial charge in [0, 0.05) is 18.4 Å². The number of aliphatic hydroxyl groups excluding tert-OH is 1. The largest absolute Gasteiger partial charge is 0.493 e. The van der Waals surface area contributed by atoms with E-state index in [9.17, 15) is 5.11 Å². The normalized spacial score (nSPS) is 10.7. The molecule has 5 nitrogen and oxygen atoms in total. The summed E-state index contributed by atoms with van der Waals surface area (Å²) in [5.41, 5.74) is 2.66. The Hall–Kier alpha value is -1.66. The fourth-order valence-electron chi connectivity index (χ4n) is 2.08. The van der Waals surface area contributed by atoms with Gasteiger partial charge in [-0.2, -0.15) is 0 Å². The lowest BCUT2D eigenvalue weighted by Gasteiger charge is -2.13. The van der Waals surface area contributed by atoms with Crippen LogP contribution < -0.4 is 9.47 Å². The molecule has 0 saturated carbocycles. The predicted molar refractivity (Wildman–Crippen MR) is 80.7 cm³/mol. The lowest BCUT2D eigenvalue weighted by molar-refractivity contribution is 0.299. The van der Waals surface area contributed by atoms with Crippen molar-refractivity contribution in [1.82, 2.24) is 8.96 Å². The predicted octanol–water partition coefficient (Wildman–Crippen LogP) is 2.10. The Balaban J connectivity index is 2.59. The SMILES string of the molecule is COc1cc(CCO)c(-c2cn(S)c(C)n2)cc1OC. The van der Waals surface area contributed by atoms with Gasteiger partial charge in [-0.25, -0.2) is 4.98 Å². The number of nitrogens with zero attached hydrogens (tertiary/aromatic N) is 2. The number of imidazole rings is 1. The van der Waals surface area contributed by atoms with Crippen molar-refractivity contribution in [1.29, 1.82) is 0 Å². The van der Waals surface area contributed by atoms with Crippen molar-refractivity contribution in [3.63, 3.8) is 0 Å². The molecule has 0 aliphatic carbocycles. The molecule has 0 aliphatic rings. The molecule has 0 aliphatic heterocycles. The minimum atomic E-state index is 0.0586. The maximum Gasteiger partial charge on any atom is 0.161 e. The molecule has 0 spiro atoms. The summed E-state index contributed by atoms with van der Waals surface area (Å²) < 4.78 is 12.3. The van der Waals surface area contributed by atoms with E-state index in [1.54, 1.807) is 18.2 Å². The topological polar surface area (TPSA) is 56.5 Å². The van der Waals surface area contributed by atoms with Gasteiger partial charge in [-0.15, -0.1) is 0 Å². The number of aromatic nitrogens is 2. The summed E-state index contributed by atoms with van der Waals surface area (Å²) in [6.45, 7) is 1.94. The Morgan fingerprint density at radius 1 is 1.25 bits per heavy atom. The van der Waals surface area contributed by atoms with E-state index in [-0.39, 0.29) is 6.61 Å². The highest BCUT2D eigenvalue weighted by Crippen LogP contribution is 2.35. The first-order chi connectivity index (χ1) is 9.60. The Morgan fingerprint density at radius 3 is 2.40 bits per heavy atom. The summed E-state index contributed by atoms with van der Waals surface area (Å²) in [5, 5.41) is 9.23. The molecule has 1 N–H and O–H groups in total. The molecule has 1 heterocycles. The molecule has 0 saturated heterocycles. The zero-order valence-corrected chi connectivity index (χ0v) is 12.6. The zero-order chi connectivity index (χ0) is 14.7. The standard InChI is InChI=1S/C14H18N2O3S/c1-9-15-12(8-16(9)20)11-7-14(19-3)13(18-2)6-10(11)4-5-17/h6-8,17,20H,4-5H2,1-3H3. The number of ether oxygens (including phenoxy) is 2. The number of hydrogen-bond donors (Lipinski definition) is 2. The van der Waals surface area contributed by atoms with Crippen molar-refractivity contribution in [3.8, 4) is 22.8 Å². The van der Waals surface area contributed by atoms with Gasteiger partial charge < -0.3 is 14.6 Å². The third-order valence-electron chi connectivity index (χ3n) is 3.12. The molecular weight excluding hydrogens is 276 g/mol. The van der Waals surface area contributed by atoms with Crippen LogP contribution in [0.5, 0.6) is 11.5 Å². The Labute approximate surface area is 123 Å². The van der Waals surface area contributed by atoms with E-state index < -0.39 is 0 Å². The van der Waals surface area contributed by atoms with Crippen LogP contribution in [0, 0.1) is 6.92 Å². The highest BCUT2D eigenvalue weighted by Gasteiger charge is 2.15. The van der Waals surface area contributed by atoms with Crippen molar-refractivity contribution in [2.45, 2.75) is 13.3 Å². The lowest BCUT2D eigenvalue weighted by Crippen LogP contribution is -1.99. The molecule has 0 unspecified atom stereocenters. The highest BCUT2D eigenvalue weighted by atomic mass is 32.1. The summed E-state index contributed by atoms with van der Waals surface area (Å²) in [5.74, 6) is 2.07. The monoisotopic (exact) mass is 294 g/mol. The van der Waals surface area contributed by atoms with Crippen LogP contribution in [-0.2, 0) is 6.42 Å². The van der Waals surface area contributed by atoms with Crippen molar-refractivity contribution >= 4 is 12.8 Å². The van der Waals surface area contributed by atoms with Gasteiger partial charge in [0.2, 0.25) is 0 Å². The van der Waals surface area contributed by atoms with Crippen LogP contribution in [0.25, 0.3) is 11.3 Å². The van der Waals surface area contributed by atoms with Crippen LogP contribution in [-0.4, -0.2) is 34.9 Å². The molecule has 1 aromatic heterocycles. The highest BCUT2D eigenvalue weighted by molar-refractivity contribution is 7.78. The second kappa shape index (κ2) is 6.19. The smallest absolute Gasteiger partial charge is 0.161 e. The number of thiol groups is 1. The first-order valence-corrected chi connectivity index (χ1v) is 6.62.